The average molecular weight is 328 g/mol. The number of rotatable bonds is 6. The van der Waals surface area contributed by atoms with Crippen LogP contribution in [0.15, 0.2) is 28.8 Å². The molecule has 0 aliphatic carbocycles. The lowest BCUT2D eigenvalue weighted by molar-refractivity contribution is 0.0910. The Hall–Kier alpha value is -2.21. The number of carbonyl (C=O) groups is 1. The second-order valence-electron chi connectivity index (χ2n) is 6.41. The minimum absolute atomic E-state index is 0.180. The maximum atomic E-state index is 12.1. The molecule has 1 saturated heterocycles. The zero-order valence-corrected chi connectivity index (χ0v) is 14.3. The summed E-state index contributed by atoms with van der Waals surface area (Å²) < 4.78 is 5.06. The molecule has 2 aromatic rings. The van der Waals surface area contributed by atoms with E-state index in [4.69, 9.17) is 4.52 Å². The van der Waals surface area contributed by atoms with E-state index in [0.29, 0.717) is 18.2 Å². The first kappa shape index (κ1) is 16.6. The van der Waals surface area contributed by atoms with E-state index >= 15 is 0 Å². The zero-order valence-electron chi connectivity index (χ0n) is 14.3. The van der Waals surface area contributed by atoms with Crippen molar-refractivity contribution in [2.24, 2.45) is 5.92 Å². The first-order chi connectivity index (χ1) is 11.6. The van der Waals surface area contributed by atoms with Crippen molar-refractivity contribution >= 4 is 5.91 Å². The standard InChI is InChI=1S/C18H24N4O2/c1-3-15-9-17(24-21-15)18(23)19-10-14-7-8-22(11-14)12-16-6-4-5-13(2)20-16/h4-6,9,14H,3,7-8,10-12H2,1-2H3,(H,19,23)/t14-/m1/s1. The molecule has 6 nitrogen and oxygen atoms in total. The molecule has 1 fully saturated rings. The third-order valence-corrected chi connectivity index (χ3v) is 4.40. The van der Waals surface area contributed by atoms with Crippen molar-refractivity contribution in [3.63, 3.8) is 0 Å². The van der Waals surface area contributed by atoms with Gasteiger partial charge in [-0.15, -0.1) is 0 Å². The van der Waals surface area contributed by atoms with Crippen molar-refractivity contribution in [3.8, 4) is 0 Å². The topological polar surface area (TPSA) is 71.3 Å². The highest BCUT2D eigenvalue weighted by atomic mass is 16.5. The van der Waals surface area contributed by atoms with Crippen molar-refractivity contribution in [1.29, 1.82) is 0 Å². The summed E-state index contributed by atoms with van der Waals surface area (Å²) in [5.74, 6) is 0.582. The fraction of sp³-hybridized carbons (Fsp3) is 0.500. The Morgan fingerprint density at radius 2 is 2.29 bits per heavy atom. The lowest BCUT2D eigenvalue weighted by atomic mass is 10.1. The summed E-state index contributed by atoms with van der Waals surface area (Å²) >= 11 is 0. The van der Waals surface area contributed by atoms with E-state index in [-0.39, 0.29) is 5.91 Å². The van der Waals surface area contributed by atoms with Gasteiger partial charge in [0.25, 0.3) is 5.91 Å². The molecule has 0 radical (unpaired) electrons. The molecule has 0 aromatic carbocycles. The van der Waals surface area contributed by atoms with Crippen molar-refractivity contribution < 1.29 is 9.32 Å². The normalized spacial score (nSPS) is 18.0. The summed E-state index contributed by atoms with van der Waals surface area (Å²) in [6, 6.07) is 7.84. The molecule has 24 heavy (non-hydrogen) atoms. The van der Waals surface area contributed by atoms with Gasteiger partial charge in [-0.3, -0.25) is 14.7 Å². The smallest absolute Gasteiger partial charge is 0.289 e. The second kappa shape index (κ2) is 7.57. The van der Waals surface area contributed by atoms with Crippen molar-refractivity contribution in [1.82, 2.24) is 20.4 Å². The second-order valence-corrected chi connectivity index (χ2v) is 6.41. The average Bonchev–Trinajstić information content (AvgIpc) is 3.22. The number of carbonyl (C=O) groups excluding carboxylic acids is 1. The zero-order chi connectivity index (χ0) is 16.9. The predicted molar refractivity (Wildman–Crippen MR) is 90.6 cm³/mol. The number of hydrogen-bond donors (Lipinski definition) is 1. The molecule has 2 aromatic heterocycles. The van der Waals surface area contributed by atoms with E-state index in [9.17, 15) is 4.79 Å². The van der Waals surface area contributed by atoms with Crippen LogP contribution in [-0.4, -0.2) is 40.6 Å². The molecule has 1 atom stereocenters. The maximum absolute atomic E-state index is 12.1. The quantitative estimate of drug-likeness (QED) is 0.880. The molecule has 1 amide bonds. The van der Waals surface area contributed by atoms with Crippen LogP contribution in [0, 0.1) is 12.8 Å². The van der Waals surface area contributed by atoms with E-state index in [1.165, 1.54) is 0 Å². The van der Waals surface area contributed by atoms with Crippen LogP contribution in [0.3, 0.4) is 0 Å². The minimum atomic E-state index is -0.180. The molecule has 1 N–H and O–H groups in total. The Bertz CT molecular complexity index is 698. The van der Waals surface area contributed by atoms with Crippen LogP contribution < -0.4 is 5.32 Å². The summed E-state index contributed by atoms with van der Waals surface area (Å²) in [5, 5.41) is 6.81. The van der Waals surface area contributed by atoms with Gasteiger partial charge in [0.15, 0.2) is 0 Å². The van der Waals surface area contributed by atoms with E-state index in [0.717, 1.165) is 49.6 Å². The van der Waals surface area contributed by atoms with Gasteiger partial charge in [-0.25, -0.2) is 0 Å². The molecule has 128 valence electrons. The third kappa shape index (κ3) is 4.20. The van der Waals surface area contributed by atoms with Gasteiger partial charge in [0.05, 0.1) is 11.4 Å². The fourth-order valence-corrected chi connectivity index (χ4v) is 3.05. The molecule has 0 saturated carbocycles. The Morgan fingerprint density at radius 3 is 3.04 bits per heavy atom. The molecular formula is C18H24N4O2. The number of aromatic nitrogens is 2. The van der Waals surface area contributed by atoms with Crippen molar-refractivity contribution in [3.05, 3.63) is 47.1 Å². The Kier molecular flexibility index (Phi) is 5.25. The summed E-state index contributed by atoms with van der Waals surface area (Å²) in [4.78, 5) is 19.0. The van der Waals surface area contributed by atoms with E-state index in [1.807, 2.05) is 26.0 Å². The fourth-order valence-electron chi connectivity index (χ4n) is 3.05. The minimum Gasteiger partial charge on any atom is -0.351 e. The highest BCUT2D eigenvalue weighted by Gasteiger charge is 2.24. The van der Waals surface area contributed by atoms with Crippen LogP contribution in [-0.2, 0) is 13.0 Å². The lowest BCUT2D eigenvalue weighted by Gasteiger charge is -2.16. The van der Waals surface area contributed by atoms with Crippen LogP contribution in [0.1, 0.15) is 41.0 Å². The molecule has 0 unspecified atom stereocenters. The Balaban J connectivity index is 1.45. The Morgan fingerprint density at radius 1 is 1.42 bits per heavy atom. The summed E-state index contributed by atoms with van der Waals surface area (Å²) in [6.45, 7) is 7.55. The third-order valence-electron chi connectivity index (χ3n) is 4.40. The van der Waals surface area contributed by atoms with Crippen LogP contribution in [0.4, 0.5) is 0 Å². The molecule has 3 heterocycles. The number of likely N-dealkylation sites (tertiary alicyclic amines) is 1. The highest BCUT2D eigenvalue weighted by Crippen LogP contribution is 2.18. The number of nitrogens with one attached hydrogen (secondary N) is 1. The van der Waals surface area contributed by atoms with Crippen molar-refractivity contribution in [2.75, 3.05) is 19.6 Å². The number of hydrogen-bond acceptors (Lipinski definition) is 5. The van der Waals surface area contributed by atoms with Crippen LogP contribution in [0.25, 0.3) is 0 Å². The van der Waals surface area contributed by atoms with Crippen LogP contribution >= 0.6 is 0 Å². The number of nitrogens with zero attached hydrogens (tertiary/aromatic N) is 3. The molecule has 6 heteroatoms. The summed E-state index contributed by atoms with van der Waals surface area (Å²) in [6.07, 6.45) is 1.85. The molecule has 3 rings (SSSR count). The first-order valence-electron chi connectivity index (χ1n) is 8.52. The molecular weight excluding hydrogens is 304 g/mol. The van der Waals surface area contributed by atoms with E-state index in [1.54, 1.807) is 6.07 Å². The number of pyridine rings is 1. The first-order valence-corrected chi connectivity index (χ1v) is 8.52. The van der Waals surface area contributed by atoms with Crippen LogP contribution in [0.5, 0.6) is 0 Å². The van der Waals surface area contributed by atoms with E-state index < -0.39 is 0 Å². The molecule has 0 spiro atoms. The highest BCUT2D eigenvalue weighted by molar-refractivity contribution is 5.91. The monoisotopic (exact) mass is 328 g/mol. The van der Waals surface area contributed by atoms with Gasteiger partial charge in [-0.1, -0.05) is 18.1 Å². The molecule has 0 bridgehead atoms. The predicted octanol–water partition coefficient (Wildman–Crippen LogP) is 2.19. The van der Waals surface area contributed by atoms with Gasteiger partial charge in [-0.05, 0) is 44.4 Å². The van der Waals surface area contributed by atoms with Gasteiger partial charge >= 0.3 is 0 Å². The lowest BCUT2D eigenvalue weighted by Crippen LogP contribution is -2.30. The molecule has 1 aliphatic rings. The van der Waals surface area contributed by atoms with Gasteiger partial charge in [0.2, 0.25) is 5.76 Å². The van der Waals surface area contributed by atoms with Gasteiger partial charge < -0.3 is 9.84 Å². The van der Waals surface area contributed by atoms with Gasteiger partial charge in [-0.2, -0.15) is 0 Å². The largest absolute Gasteiger partial charge is 0.351 e. The van der Waals surface area contributed by atoms with Gasteiger partial charge in [0.1, 0.15) is 0 Å². The SMILES string of the molecule is CCc1cc(C(=O)NC[C@H]2CCN(Cc3cccc(C)n3)C2)on1. The summed E-state index contributed by atoms with van der Waals surface area (Å²) in [7, 11) is 0. The maximum Gasteiger partial charge on any atom is 0.289 e. The number of amides is 1. The van der Waals surface area contributed by atoms with Crippen LogP contribution in [0.2, 0.25) is 0 Å². The number of aryl methyl sites for hydroxylation is 2. The van der Waals surface area contributed by atoms with E-state index in [2.05, 4.69) is 26.4 Å². The van der Waals surface area contributed by atoms with Gasteiger partial charge in [0, 0.05) is 31.4 Å². The van der Waals surface area contributed by atoms with Crippen molar-refractivity contribution in [2.45, 2.75) is 33.2 Å². The molecule has 1 aliphatic heterocycles. The summed E-state index contributed by atoms with van der Waals surface area (Å²) in [5.41, 5.74) is 2.96. The Labute approximate surface area is 142 Å².